The number of hydrogen-bond donors (Lipinski definition) is 0. The van der Waals surface area contributed by atoms with Gasteiger partial charge in [0.15, 0.2) is 0 Å². The first kappa shape index (κ1) is 9.34. The molecular weight excluding hydrogens is 326 g/mol. The van der Waals surface area contributed by atoms with E-state index in [4.69, 9.17) is 0 Å². The molecule has 0 aromatic heterocycles. The Labute approximate surface area is 53.9 Å². The van der Waals surface area contributed by atoms with Crippen LogP contribution in [0.4, 0.5) is 0 Å². The maximum Gasteiger partial charge on any atom is -0.870 e. The van der Waals surface area contributed by atoms with Crippen molar-refractivity contribution in [3.8, 4) is 0 Å². The molecule has 0 aliphatic rings. The van der Waals surface area contributed by atoms with E-state index in [1.165, 1.54) is 8.46 Å². The molecule has 1 nitrogen and oxygen atoms in total. The molecule has 4 heavy (non-hydrogen) atoms. The van der Waals surface area contributed by atoms with Crippen molar-refractivity contribution in [1.29, 1.82) is 0 Å². The van der Waals surface area contributed by atoms with E-state index in [2.05, 4.69) is 40.7 Å². The van der Waals surface area contributed by atoms with Gasteiger partial charge in [0.05, 0.1) is 0 Å². The van der Waals surface area contributed by atoms with Crippen LogP contribution in [0.3, 0.4) is 0 Å². The zero-order chi connectivity index (χ0) is 2.71. The second-order valence-corrected chi connectivity index (χ2v) is 9.37. The van der Waals surface area contributed by atoms with Gasteiger partial charge in [0.25, 0.3) is 0 Å². The van der Waals surface area contributed by atoms with Crippen molar-refractivity contribution in [3.63, 3.8) is 0 Å². The Morgan fingerprint density at radius 1 is 1.25 bits per heavy atom. The first-order chi connectivity index (χ1) is 1.41. The van der Waals surface area contributed by atoms with Crippen LogP contribution in [0.5, 0.6) is 0 Å². The largest absolute Gasteiger partial charge is 0.870 e. The van der Waals surface area contributed by atoms with E-state index in [1.807, 2.05) is 0 Å². The summed E-state index contributed by atoms with van der Waals surface area (Å²) in [5.41, 5.74) is 0. The van der Waals surface area contributed by atoms with Crippen molar-refractivity contribution >= 4 is 40.7 Å². The van der Waals surface area contributed by atoms with Gasteiger partial charge in [-0.15, -0.1) is 0 Å². The minimum Gasteiger partial charge on any atom is -0.870 e. The summed E-state index contributed by atoms with van der Waals surface area (Å²) >= 11 is 4.55. The third kappa shape index (κ3) is 9.05. The molecule has 0 aliphatic carbocycles. The van der Waals surface area contributed by atoms with Gasteiger partial charge < -0.3 is 5.48 Å². The smallest absolute Gasteiger partial charge is 0.870 e. The third-order valence-corrected chi connectivity index (χ3v) is 0. The normalized spacial score (nSPS) is 4.50. The van der Waals surface area contributed by atoms with Crippen molar-refractivity contribution in [2.75, 3.05) is 0 Å². The van der Waals surface area contributed by atoms with Crippen LogP contribution in [0.15, 0.2) is 0 Å². The first-order valence-corrected chi connectivity index (χ1v) is 7.39. The molecule has 1 N–H and O–H groups in total. The molecule has 0 saturated carbocycles. The minimum absolute atomic E-state index is 0. The number of rotatable bonds is 0. The Balaban J connectivity index is 0. The Kier molecular flexibility index (Phi) is 20.7. The summed E-state index contributed by atoms with van der Waals surface area (Å²) in [6.45, 7) is 0. The quantitative estimate of drug-likeness (QED) is 0.491. The zero-order valence-electron chi connectivity index (χ0n) is 1.56. The van der Waals surface area contributed by atoms with Crippen LogP contribution >= 0.6 is 40.7 Å². The van der Waals surface area contributed by atoms with Crippen LogP contribution in [0.25, 0.3) is 0 Å². The van der Waals surface area contributed by atoms with Gasteiger partial charge in [-0.05, 0) is 0 Å². The van der Waals surface area contributed by atoms with E-state index in [0.717, 1.165) is 0 Å². The molecule has 0 aliphatic heterocycles. The van der Waals surface area contributed by atoms with Gasteiger partial charge in [0, 0.05) is 0 Å². The molecule has 0 aromatic carbocycles. The summed E-state index contributed by atoms with van der Waals surface area (Å²) < 4.78 is 0. The summed E-state index contributed by atoms with van der Waals surface area (Å²) in [5.74, 6) is 0. The van der Waals surface area contributed by atoms with Gasteiger partial charge in [-0.2, -0.15) is 0 Å². The van der Waals surface area contributed by atoms with Gasteiger partial charge in [-0.1, -0.05) is 0 Å². The molecule has 0 rings (SSSR count). The molecule has 0 spiro atoms. The van der Waals surface area contributed by atoms with Gasteiger partial charge in [0.1, 0.15) is 0 Å². The van der Waals surface area contributed by atoms with Crippen LogP contribution in [0, 0.1) is 0 Å². The van der Waals surface area contributed by atoms with Gasteiger partial charge in [0.2, 0.25) is 0 Å². The maximum atomic E-state index is 2.28. The number of halogens is 2. The van der Waals surface area contributed by atoms with E-state index >= 15 is 0 Å². The zero-order valence-corrected chi connectivity index (χ0v) is 6.98. The second-order valence-electron chi connectivity index (χ2n) is 0.0505. The predicted octanol–water partition coefficient (Wildman–Crippen LogP) is 1.59. The molecule has 0 saturated heterocycles. The topological polar surface area (TPSA) is 30.0 Å². The monoisotopic (exact) mass is 327 g/mol. The summed E-state index contributed by atoms with van der Waals surface area (Å²) in [7, 11) is 1.19. The molecule has 0 unspecified atom stereocenters. The van der Waals surface area contributed by atoms with E-state index in [9.17, 15) is 0 Å². The molecule has 0 radical (unpaired) electrons. The van der Waals surface area contributed by atoms with Crippen molar-refractivity contribution in [1.82, 2.24) is 0 Å². The Hall–Kier alpha value is 1.94. The summed E-state index contributed by atoms with van der Waals surface area (Å²) in [4.78, 5) is 0. The molecule has 0 heterocycles. The second kappa shape index (κ2) is 8.87. The molecule has 0 atom stereocenters. The van der Waals surface area contributed by atoms with Crippen LogP contribution in [0.1, 0.15) is 0 Å². The van der Waals surface area contributed by atoms with Crippen molar-refractivity contribution in [2.45, 2.75) is 0 Å². The van der Waals surface area contributed by atoms with Gasteiger partial charge >= 0.3 is 49.1 Å². The fourth-order valence-corrected chi connectivity index (χ4v) is 0. The van der Waals surface area contributed by atoms with Crippen molar-refractivity contribution < 1.29 is 13.9 Å². The number of hydrogen-bond acceptors (Lipinski definition) is 1. The average molecular weight is 327 g/mol. The molecule has 0 fully saturated rings. The molecule has 4 heteroatoms. The van der Waals surface area contributed by atoms with E-state index in [1.54, 1.807) is 0 Å². The third-order valence-electron chi connectivity index (χ3n) is 0. The van der Waals surface area contributed by atoms with E-state index < -0.39 is 0 Å². The van der Waals surface area contributed by atoms with Crippen LogP contribution in [-0.4, -0.2) is 5.48 Å². The molecule has 0 amide bonds. The van der Waals surface area contributed by atoms with E-state index in [0.29, 0.717) is 0 Å². The summed E-state index contributed by atoms with van der Waals surface area (Å²) in [5, 5.41) is 0. The summed E-state index contributed by atoms with van der Waals surface area (Å²) in [6, 6.07) is 0. The standard InChI is InChI=1S/Fe.2HI.H2O/h;2*1H;1H2/q+3;;;/p-3. The molecule has 0 aromatic rings. The Bertz CT molecular complexity index is 6.00. The van der Waals surface area contributed by atoms with E-state index in [-0.39, 0.29) is 5.48 Å². The predicted molar refractivity (Wildman–Crippen MR) is 30.0 cm³/mol. The molecule has 29 valence electrons. The molecule has 0 bridgehead atoms. The van der Waals surface area contributed by atoms with Gasteiger partial charge in [-0.25, -0.2) is 0 Å². The van der Waals surface area contributed by atoms with Crippen molar-refractivity contribution in [3.05, 3.63) is 0 Å². The van der Waals surface area contributed by atoms with Crippen LogP contribution in [-0.2, 0) is 8.46 Å². The van der Waals surface area contributed by atoms with Crippen LogP contribution < -0.4 is 0 Å². The fraction of sp³-hybridized carbons (Fsp3) is 0. The summed E-state index contributed by atoms with van der Waals surface area (Å²) in [6.07, 6.45) is 0. The fourth-order valence-electron chi connectivity index (χ4n) is 0. The molecular formula is HFeI2O. The Morgan fingerprint density at radius 3 is 1.25 bits per heavy atom. The SMILES string of the molecule is [I][Fe+][I].[OH-]. The first-order valence-electron chi connectivity index (χ1n) is 0.267. The maximum absolute atomic E-state index is 2.28. The van der Waals surface area contributed by atoms with Crippen molar-refractivity contribution in [2.24, 2.45) is 0 Å². The van der Waals surface area contributed by atoms with Gasteiger partial charge in [-0.3, -0.25) is 0 Å². The average Bonchev–Trinajstić information content (AvgIpc) is 0.918. The Morgan fingerprint density at radius 2 is 1.25 bits per heavy atom. The van der Waals surface area contributed by atoms with Crippen LogP contribution in [0.2, 0.25) is 0 Å². The minimum atomic E-state index is 0.